The largest absolute Gasteiger partial charge is 0.373 e. The predicted molar refractivity (Wildman–Crippen MR) is 81.5 cm³/mol. The van der Waals surface area contributed by atoms with Crippen molar-refractivity contribution in [2.75, 3.05) is 51.0 Å². The van der Waals surface area contributed by atoms with E-state index in [1.807, 2.05) is 21.0 Å². The van der Waals surface area contributed by atoms with Gasteiger partial charge in [0.2, 0.25) is 0 Å². The van der Waals surface area contributed by atoms with E-state index in [1.165, 1.54) is 12.1 Å². The Balaban J connectivity index is 2.90. The van der Waals surface area contributed by atoms with Crippen molar-refractivity contribution >= 4 is 17.3 Å². The van der Waals surface area contributed by atoms with Crippen LogP contribution in [0.2, 0.25) is 0 Å². The lowest BCUT2D eigenvalue weighted by molar-refractivity contribution is -0.384. The normalized spacial score (nSPS) is 10.7. The first-order chi connectivity index (χ1) is 9.47. The van der Waals surface area contributed by atoms with Gasteiger partial charge in [-0.25, -0.2) is 4.98 Å². The molecule has 0 aromatic carbocycles. The molecule has 0 radical (unpaired) electrons. The predicted octanol–water partition coefficient (Wildman–Crippen LogP) is 1.81. The molecular formula is C13H23N5O2. The minimum Gasteiger partial charge on any atom is -0.373 e. The fourth-order valence-electron chi connectivity index (χ4n) is 1.91. The van der Waals surface area contributed by atoms with Gasteiger partial charge < -0.3 is 15.1 Å². The van der Waals surface area contributed by atoms with E-state index >= 15 is 0 Å². The van der Waals surface area contributed by atoms with Gasteiger partial charge in [0.15, 0.2) is 0 Å². The first kappa shape index (κ1) is 16.2. The van der Waals surface area contributed by atoms with Crippen molar-refractivity contribution < 1.29 is 4.92 Å². The van der Waals surface area contributed by atoms with Gasteiger partial charge in [-0.15, -0.1) is 0 Å². The molecule has 1 rings (SSSR count). The van der Waals surface area contributed by atoms with Crippen LogP contribution in [0.15, 0.2) is 12.1 Å². The highest BCUT2D eigenvalue weighted by molar-refractivity contribution is 5.55. The lowest BCUT2D eigenvalue weighted by atomic mass is 10.3. The Morgan fingerprint density at radius 3 is 2.55 bits per heavy atom. The SMILES string of the molecule is CCN(CCCN(C)C)c1cc([N+](=O)[O-])cc(NC)n1. The van der Waals surface area contributed by atoms with Crippen molar-refractivity contribution in [2.24, 2.45) is 0 Å². The molecule has 0 amide bonds. The fourth-order valence-corrected chi connectivity index (χ4v) is 1.91. The van der Waals surface area contributed by atoms with E-state index in [2.05, 4.69) is 20.1 Å². The summed E-state index contributed by atoms with van der Waals surface area (Å²) in [4.78, 5) is 19.1. The third-order valence-corrected chi connectivity index (χ3v) is 3.00. The van der Waals surface area contributed by atoms with Gasteiger partial charge in [-0.3, -0.25) is 10.1 Å². The fraction of sp³-hybridized carbons (Fsp3) is 0.615. The molecule has 7 heteroatoms. The monoisotopic (exact) mass is 281 g/mol. The summed E-state index contributed by atoms with van der Waals surface area (Å²) >= 11 is 0. The van der Waals surface area contributed by atoms with E-state index in [9.17, 15) is 10.1 Å². The van der Waals surface area contributed by atoms with E-state index in [0.29, 0.717) is 11.6 Å². The molecule has 0 aliphatic carbocycles. The average Bonchev–Trinajstić information content (AvgIpc) is 2.42. The van der Waals surface area contributed by atoms with Crippen molar-refractivity contribution in [1.29, 1.82) is 0 Å². The van der Waals surface area contributed by atoms with Crippen LogP contribution in [-0.2, 0) is 0 Å². The van der Waals surface area contributed by atoms with Crippen LogP contribution in [0, 0.1) is 10.1 Å². The second-order valence-electron chi connectivity index (χ2n) is 4.81. The minimum atomic E-state index is -0.389. The Bertz CT molecular complexity index is 450. The smallest absolute Gasteiger partial charge is 0.276 e. The van der Waals surface area contributed by atoms with Crippen molar-refractivity contribution in [2.45, 2.75) is 13.3 Å². The Morgan fingerprint density at radius 2 is 2.05 bits per heavy atom. The van der Waals surface area contributed by atoms with Crippen LogP contribution in [0.4, 0.5) is 17.3 Å². The number of pyridine rings is 1. The standard InChI is InChI=1S/C13H23N5O2/c1-5-17(8-6-7-16(3)4)13-10-11(18(19)20)9-12(14-2)15-13/h9-10H,5-8H2,1-4H3,(H,14,15). The number of nitrogens with zero attached hydrogens (tertiary/aromatic N) is 4. The molecular weight excluding hydrogens is 258 g/mol. The van der Waals surface area contributed by atoms with E-state index in [0.717, 1.165) is 26.1 Å². The number of aromatic nitrogens is 1. The van der Waals surface area contributed by atoms with Gasteiger partial charge in [0.05, 0.1) is 17.1 Å². The Hall–Kier alpha value is -1.89. The highest BCUT2D eigenvalue weighted by atomic mass is 16.6. The summed E-state index contributed by atoms with van der Waals surface area (Å²) in [6, 6.07) is 2.97. The van der Waals surface area contributed by atoms with Crippen molar-refractivity contribution in [3.8, 4) is 0 Å². The summed E-state index contributed by atoms with van der Waals surface area (Å²) in [6.45, 7) is 4.59. The lowest BCUT2D eigenvalue weighted by Crippen LogP contribution is -2.28. The molecule has 1 N–H and O–H groups in total. The molecule has 0 atom stereocenters. The molecule has 0 unspecified atom stereocenters. The number of nitro groups is 1. The molecule has 0 spiro atoms. The molecule has 0 aliphatic heterocycles. The Kier molecular flexibility index (Phi) is 6.17. The topological polar surface area (TPSA) is 74.5 Å². The molecule has 0 saturated carbocycles. The van der Waals surface area contributed by atoms with E-state index < -0.39 is 0 Å². The van der Waals surface area contributed by atoms with E-state index in [4.69, 9.17) is 0 Å². The van der Waals surface area contributed by atoms with Crippen LogP contribution in [0.3, 0.4) is 0 Å². The molecule has 1 aromatic rings. The number of hydrogen-bond donors (Lipinski definition) is 1. The molecule has 20 heavy (non-hydrogen) atoms. The number of nitrogens with one attached hydrogen (secondary N) is 1. The van der Waals surface area contributed by atoms with Gasteiger partial charge in [-0.1, -0.05) is 0 Å². The molecule has 0 saturated heterocycles. The van der Waals surface area contributed by atoms with Crippen molar-refractivity contribution in [3.05, 3.63) is 22.2 Å². The number of hydrogen-bond acceptors (Lipinski definition) is 6. The molecule has 0 bridgehead atoms. The summed E-state index contributed by atoms with van der Waals surface area (Å²) in [7, 11) is 5.76. The molecule has 7 nitrogen and oxygen atoms in total. The zero-order valence-electron chi connectivity index (χ0n) is 12.6. The van der Waals surface area contributed by atoms with Crippen LogP contribution in [0.1, 0.15) is 13.3 Å². The zero-order chi connectivity index (χ0) is 15.1. The maximum atomic E-state index is 11.0. The maximum Gasteiger partial charge on any atom is 0.276 e. The lowest BCUT2D eigenvalue weighted by Gasteiger charge is -2.23. The van der Waals surface area contributed by atoms with E-state index in [-0.39, 0.29) is 10.6 Å². The highest BCUT2D eigenvalue weighted by Gasteiger charge is 2.14. The molecule has 112 valence electrons. The van der Waals surface area contributed by atoms with Crippen LogP contribution >= 0.6 is 0 Å². The second-order valence-corrected chi connectivity index (χ2v) is 4.81. The maximum absolute atomic E-state index is 11.0. The van der Waals surface area contributed by atoms with E-state index in [1.54, 1.807) is 7.05 Å². The van der Waals surface area contributed by atoms with Crippen LogP contribution in [-0.4, -0.2) is 55.6 Å². The van der Waals surface area contributed by atoms with Crippen LogP contribution in [0.25, 0.3) is 0 Å². The van der Waals surface area contributed by atoms with Gasteiger partial charge in [0.25, 0.3) is 5.69 Å². The van der Waals surface area contributed by atoms with Crippen LogP contribution < -0.4 is 10.2 Å². The van der Waals surface area contributed by atoms with Gasteiger partial charge in [-0.05, 0) is 34.0 Å². The molecule has 1 heterocycles. The second kappa shape index (κ2) is 7.64. The number of rotatable bonds is 8. The van der Waals surface area contributed by atoms with Gasteiger partial charge >= 0.3 is 0 Å². The third kappa shape index (κ3) is 4.65. The summed E-state index contributed by atoms with van der Waals surface area (Å²) < 4.78 is 0. The molecule has 0 fully saturated rings. The summed E-state index contributed by atoms with van der Waals surface area (Å²) in [5, 5.41) is 13.8. The quantitative estimate of drug-likeness (QED) is 0.578. The first-order valence-electron chi connectivity index (χ1n) is 6.71. The molecule has 0 aliphatic rings. The number of anilines is 2. The minimum absolute atomic E-state index is 0.0606. The summed E-state index contributed by atoms with van der Waals surface area (Å²) in [5.41, 5.74) is 0.0606. The van der Waals surface area contributed by atoms with Gasteiger partial charge in [0, 0.05) is 20.1 Å². The van der Waals surface area contributed by atoms with Gasteiger partial charge in [0.1, 0.15) is 11.6 Å². The Morgan fingerprint density at radius 1 is 1.35 bits per heavy atom. The molecule has 1 aromatic heterocycles. The van der Waals surface area contributed by atoms with Crippen LogP contribution in [0.5, 0.6) is 0 Å². The first-order valence-corrected chi connectivity index (χ1v) is 6.71. The average molecular weight is 281 g/mol. The van der Waals surface area contributed by atoms with Gasteiger partial charge in [-0.2, -0.15) is 0 Å². The Labute approximate surface area is 119 Å². The highest BCUT2D eigenvalue weighted by Crippen LogP contribution is 2.23. The summed E-state index contributed by atoms with van der Waals surface area (Å²) in [6.07, 6.45) is 0.986. The zero-order valence-corrected chi connectivity index (χ0v) is 12.6. The van der Waals surface area contributed by atoms with Crippen molar-refractivity contribution in [1.82, 2.24) is 9.88 Å². The van der Waals surface area contributed by atoms with Crippen molar-refractivity contribution in [3.63, 3.8) is 0 Å². The summed E-state index contributed by atoms with van der Waals surface area (Å²) in [5.74, 6) is 1.16. The third-order valence-electron chi connectivity index (χ3n) is 3.00.